The number of benzene rings is 2. The molecule has 0 saturated heterocycles. The summed E-state index contributed by atoms with van der Waals surface area (Å²) in [4.78, 5) is 0.300. The van der Waals surface area contributed by atoms with E-state index in [0.717, 1.165) is 12.2 Å². The Kier molecular flexibility index (Phi) is 4.58. The molecule has 0 amide bonds. The van der Waals surface area contributed by atoms with Crippen molar-refractivity contribution in [1.29, 1.82) is 0 Å². The van der Waals surface area contributed by atoms with E-state index < -0.39 is 0 Å². The summed E-state index contributed by atoms with van der Waals surface area (Å²) in [5.74, 6) is 2.06. The van der Waals surface area contributed by atoms with Crippen molar-refractivity contribution in [3.63, 3.8) is 0 Å². The number of rotatable bonds is 5. The number of methoxy groups -OCH3 is 1. The van der Waals surface area contributed by atoms with E-state index in [-0.39, 0.29) is 0 Å². The molecule has 0 saturated carbocycles. The lowest BCUT2D eigenvalue weighted by molar-refractivity contribution is 0.409. The van der Waals surface area contributed by atoms with Crippen LogP contribution in [0.5, 0.6) is 17.2 Å². The van der Waals surface area contributed by atoms with Crippen LogP contribution in [0.4, 0.5) is 0 Å². The molecular formula is C16H17NO2S. The molecule has 0 fully saturated rings. The van der Waals surface area contributed by atoms with E-state index in [1.807, 2.05) is 24.3 Å². The lowest BCUT2D eigenvalue weighted by Crippen LogP contribution is -2.10. The Morgan fingerprint density at radius 2 is 1.95 bits per heavy atom. The minimum absolute atomic E-state index is 0.300. The molecule has 4 heteroatoms. The van der Waals surface area contributed by atoms with Crippen LogP contribution >= 0.6 is 12.2 Å². The third-order valence-corrected chi connectivity index (χ3v) is 3.21. The minimum atomic E-state index is 0.300. The summed E-state index contributed by atoms with van der Waals surface area (Å²) in [5.41, 5.74) is 7.63. The molecule has 2 rings (SSSR count). The van der Waals surface area contributed by atoms with Gasteiger partial charge in [-0.25, -0.2) is 0 Å². The van der Waals surface area contributed by atoms with Gasteiger partial charge in [0.25, 0.3) is 0 Å². The quantitative estimate of drug-likeness (QED) is 0.852. The predicted octanol–water partition coefficient (Wildman–Crippen LogP) is 3.68. The largest absolute Gasteiger partial charge is 0.497 e. The average molecular weight is 287 g/mol. The van der Waals surface area contributed by atoms with Gasteiger partial charge < -0.3 is 15.2 Å². The molecule has 3 nitrogen and oxygen atoms in total. The zero-order valence-corrected chi connectivity index (χ0v) is 12.4. The van der Waals surface area contributed by atoms with Crippen molar-refractivity contribution in [2.24, 2.45) is 5.73 Å². The summed E-state index contributed by atoms with van der Waals surface area (Å²) in [6.07, 6.45) is 0.956. The van der Waals surface area contributed by atoms with Crippen LogP contribution in [0.25, 0.3) is 0 Å². The van der Waals surface area contributed by atoms with Crippen LogP contribution in [-0.2, 0) is 6.42 Å². The number of nitrogens with two attached hydrogens (primary N) is 1. The summed E-state index contributed by atoms with van der Waals surface area (Å²) in [7, 11) is 1.61. The predicted molar refractivity (Wildman–Crippen MR) is 84.8 cm³/mol. The monoisotopic (exact) mass is 287 g/mol. The molecule has 2 aromatic rings. The minimum Gasteiger partial charge on any atom is -0.497 e. The number of aryl methyl sites for hydroxylation is 1. The molecular weight excluding hydrogens is 270 g/mol. The van der Waals surface area contributed by atoms with Crippen molar-refractivity contribution >= 4 is 17.2 Å². The Morgan fingerprint density at radius 3 is 2.60 bits per heavy atom. The molecule has 0 spiro atoms. The Balaban J connectivity index is 2.37. The molecule has 0 bridgehead atoms. The molecule has 104 valence electrons. The molecule has 0 aliphatic rings. The number of thiocarbonyl (C=S) groups is 1. The van der Waals surface area contributed by atoms with E-state index in [1.165, 1.54) is 5.56 Å². The van der Waals surface area contributed by atoms with Crippen molar-refractivity contribution in [3.8, 4) is 17.2 Å². The molecule has 0 aliphatic heterocycles. The molecule has 0 unspecified atom stereocenters. The first-order valence-electron chi connectivity index (χ1n) is 6.38. The van der Waals surface area contributed by atoms with Crippen molar-refractivity contribution in [1.82, 2.24) is 0 Å². The average Bonchev–Trinajstić information content (AvgIpc) is 2.47. The van der Waals surface area contributed by atoms with Gasteiger partial charge in [-0.05, 0) is 36.2 Å². The molecule has 0 atom stereocenters. The van der Waals surface area contributed by atoms with Gasteiger partial charge in [0.1, 0.15) is 22.2 Å². The third kappa shape index (κ3) is 3.27. The molecule has 0 aromatic heterocycles. The van der Waals surface area contributed by atoms with Crippen molar-refractivity contribution in [3.05, 3.63) is 53.6 Å². The molecule has 2 N–H and O–H groups in total. The first-order valence-corrected chi connectivity index (χ1v) is 6.79. The van der Waals surface area contributed by atoms with Gasteiger partial charge in [-0.3, -0.25) is 0 Å². The Hall–Kier alpha value is -2.07. The SMILES string of the molecule is CCc1cccc(Oc2cc(OC)ccc2C(N)=S)c1. The lowest BCUT2D eigenvalue weighted by Gasteiger charge is -2.12. The van der Waals surface area contributed by atoms with Crippen LogP contribution in [-0.4, -0.2) is 12.1 Å². The van der Waals surface area contributed by atoms with Crippen molar-refractivity contribution in [2.45, 2.75) is 13.3 Å². The van der Waals surface area contributed by atoms with Gasteiger partial charge in [0.05, 0.1) is 12.7 Å². The van der Waals surface area contributed by atoms with Gasteiger partial charge in [-0.1, -0.05) is 31.3 Å². The lowest BCUT2D eigenvalue weighted by atomic mass is 10.1. The maximum absolute atomic E-state index is 5.91. The summed E-state index contributed by atoms with van der Waals surface area (Å²) >= 11 is 5.05. The van der Waals surface area contributed by atoms with Gasteiger partial charge in [0, 0.05) is 6.07 Å². The Bertz CT molecular complexity index is 626. The molecule has 0 radical (unpaired) electrons. The van der Waals surface area contributed by atoms with Gasteiger partial charge in [0.15, 0.2) is 0 Å². The highest BCUT2D eigenvalue weighted by Crippen LogP contribution is 2.30. The Morgan fingerprint density at radius 1 is 1.15 bits per heavy atom. The van der Waals surface area contributed by atoms with E-state index in [4.69, 9.17) is 27.4 Å². The summed E-state index contributed by atoms with van der Waals surface area (Å²) in [6.45, 7) is 2.10. The fourth-order valence-corrected chi connectivity index (χ4v) is 2.04. The van der Waals surface area contributed by atoms with Crippen LogP contribution < -0.4 is 15.2 Å². The van der Waals surface area contributed by atoms with Crippen molar-refractivity contribution < 1.29 is 9.47 Å². The van der Waals surface area contributed by atoms with Gasteiger partial charge >= 0.3 is 0 Å². The fraction of sp³-hybridized carbons (Fsp3) is 0.188. The van der Waals surface area contributed by atoms with Crippen LogP contribution in [0, 0.1) is 0 Å². The summed E-state index contributed by atoms with van der Waals surface area (Å²) in [6, 6.07) is 13.3. The number of ether oxygens (including phenoxy) is 2. The zero-order chi connectivity index (χ0) is 14.5. The second-order valence-corrected chi connectivity index (χ2v) is 4.77. The van der Waals surface area contributed by atoms with Crippen LogP contribution in [0.2, 0.25) is 0 Å². The highest BCUT2D eigenvalue weighted by Gasteiger charge is 2.09. The van der Waals surface area contributed by atoms with Crippen molar-refractivity contribution in [2.75, 3.05) is 7.11 Å². The second kappa shape index (κ2) is 6.39. The van der Waals surface area contributed by atoms with Crippen LogP contribution in [0.1, 0.15) is 18.1 Å². The van der Waals surface area contributed by atoms with Crippen LogP contribution in [0.3, 0.4) is 0 Å². The third-order valence-electron chi connectivity index (χ3n) is 2.99. The highest BCUT2D eigenvalue weighted by molar-refractivity contribution is 7.80. The second-order valence-electron chi connectivity index (χ2n) is 4.33. The smallest absolute Gasteiger partial charge is 0.141 e. The van der Waals surface area contributed by atoms with E-state index in [1.54, 1.807) is 19.2 Å². The molecule has 0 heterocycles. The molecule has 20 heavy (non-hydrogen) atoms. The number of hydrogen-bond acceptors (Lipinski definition) is 3. The van der Waals surface area contributed by atoms with E-state index in [2.05, 4.69) is 13.0 Å². The summed E-state index contributed by atoms with van der Waals surface area (Å²) in [5, 5.41) is 0. The number of hydrogen-bond donors (Lipinski definition) is 1. The molecule has 2 aromatic carbocycles. The topological polar surface area (TPSA) is 44.5 Å². The molecule has 0 aliphatic carbocycles. The van der Waals surface area contributed by atoms with Gasteiger partial charge in [-0.15, -0.1) is 0 Å². The summed E-state index contributed by atoms with van der Waals surface area (Å²) < 4.78 is 11.1. The first kappa shape index (κ1) is 14.3. The fourth-order valence-electron chi connectivity index (χ4n) is 1.87. The maximum atomic E-state index is 5.91. The first-order chi connectivity index (χ1) is 9.63. The van der Waals surface area contributed by atoms with Gasteiger partial charge in [-0.2, -0.15) is 0 Å². The van der Waals surface area contributed by atoms with E-state index in [0.29, 0.717) is 22.1 Å². The zero-order valence-electron chi connectivity index (χ0n) is 11.6. The Labute approximate surface area is 124 Å². The van der Waals surface area contributed by atoms with E-state index >= 15 is 0 Å². The maximum Gasteiger partial charge on any atom is 0.141 e. The van der Waals surface area contributed by atoms with Gasteiger partial charge in [0.2, 0.25) is 0 Å². The standard InChI is InChI=1S/C16H17NO2S/c1-3-11-5-4-6-13(9-11)19-15-10-12(18-2)7-8-14(15)16(17)20/h4-10H,3H2,1-2H3,(H2,17,20). The normalized spacial score (nSPS) is 10.1. The van der Waals surface area contributed by atoms with E-state index in [9.17, 15) is 0 Å². The van der Waals surface area contributed by atoms with Crippen LogP contribution in [0.15, 0.2) is 42.5 Å². The highest BCUT2D eigenvalue weighted by atomic mass is 32.1.